The molecular formula is C14H17FO3. The maximum absolute atomic E-state index is 13.3. The fourth-order valence-electron chi connectivity index (χ4n) is 1.91. The predicted octanol–water partition coefficient (Wildman–Crippen LogP) is 3.36. The first-order chi connectivity index (χ1) is 8.28. The van der Waals surface area contributed by atoms with Gasteiger partial charge in [0.05, 0.1) is 5.56 Å². The van der Waals surface area contributed by atoms with E-state index >= 15 is 0 Å². The summed E-state index contributed by atoms with van der Waals surface area (Å²) in [5, 5.41) is 9.78. The van der Waals surface area contributed by atoms with Crippen molar-refractivity contribution in [1.82, 2.24) is 0 Å². The highest BCUT2D eigenvalue weighted by molar-refractivity contribution is 5.92. The highest BCUT2D eigenvalue weighted by Gasteiger charge is 2.33. The minimum Gasteiger partial charge on any atom is -0.508 e. The summed E-state index contributed by atoms with van der Waals surface area (Å²) in [6.07, 6.45) is 1.82. The van der Waals surface area contributed by atoms with E-state index in [1.807, 2.05) is 0 Å². The fourth-order valence-corrected chi connectivity index (χ4v) is 1.91. The molecule has 98 valence electrons. The highest BCUT2D eigenvalue weighted by atomic mass is 19.1. The lowest BCUT2D eigenvalue weighted by Gasteiger charge is -2.21. The number of carbonyl (C=O) groups is 1. The van der Waals surface area contributed by atoms with Crippen LogP contribution >= 0.6 is 0 Å². The van der Waals surface area contributed by atoms with Crippen LogP contribution in [-0.4, -0.2) is 16.7 Å². The molecule has 2 rings (SSSR count). The Morgan fingerprint density at radius 3 is 2.50 bits per heavy atom. The first kappa shape index (κ1) is 12.9. The number of rotatable bonds is 2. The van der Waals surface area contributed by atoms with Crippen molar-refractivity contribution in [3.63, 3.8) is 0 Å². The molecule has 0 spiro atoms. The molecule has 0 atom stereocenters. The molecule has 0 radical (unpaired) electrons. The number of esters is 1. The van der Waals surface area contributed by atoms with Crippen molar-refractivity contribution in [1.29, 1.82) is 0 Å². The van der Waals surface area contributed by atoms with Gasteiger partial charge in [-0.25, -0.2) is 9.18 Å². The van der Waals surface area contributed by atoms with Crippen LogP contribution in [0.3, 0.4) is 0 Å². The zero-order valence-corrected chi connectivity index (χ0v) is 10.8. The van der Waals surface area contributed by atoms with Gasteiger partial charge in [-0.05, 0) is 45.6 Å². The molecule has 1 aliphatic carbocycles. The smallest absolute Gasteiger partial charge is 0.339 e. The van der Waals surface area contributed by atoms with Crippen molar-refractivity contribution in [2.24, 2.45) is 0 Å². The average Bonchev–Trinajstić information content (AvgIpc) is 2.97. The number of hydrogen-bond donors (Lipinski definition) is 1. The van der Waals surface area contributed by atoms with E-state index in [2.05, 4.69) is 0 Å². The van der Waals surface area contributed by atoms with E-state index in [9.17, 15) is 14.3 Å². The zero-order chi connectivity index (χ0) is 13.5. The molecule has 3 nitrogen and oxygen atoms in total. The lowest BCUT2D eigenvalue weighted by molar-refractivity contribution is 0.00672. The van der Waals surface area contributed by atoms with E-state index in [4.69, 9.17) is 4.74 Å². The molecule has 0 saturated heterocycles. The largest absolute Gasteiger partial charge is 0.508 e. The third-order valence-electron chi connectivity index (χ3n) is 2.73. The van der Waals surface area contributed by atoms with Gasteiger partial charge in [0, 0.05) is 11.6 Å². The Morgan fingerprint density at radius 2 is 2.00 bits per heavy atom. The van der Waals surface area contributed by atoms with Crippen LogP contribution in [0.2, 0.25) is 0 Å². The molecule has 0 amide bonds. The van der Waals surface area contributed by atoms with E-state index in [0.29, 0.717) is 5.56 Å². The first-order valence-corrected chi connectivity index (χ1v) is 6.03. The number of phenolic OH excluding ortho intramolecular Hbond substituents is 1. The van der Waals surface area contributed by atoms with Crippen molar-refractivity contribution in [3.05, 3.63) is 29.1 Å². The fraction of sp³-hybridized carbons (Fsp3) is 0.500. The Kier molecular flexibility index (Phi) is 3.05. The van der Waals surface area contributed by atoms with Gasteiger partial charge < -0.3 is 9.84 Å². The van der Waals surface area contributed by atoms with Gasteiger partial charge >= 0.3 is 5.97 Å². The van der Waals surface area contributed by atoms with Gasteiger partial charge in [0.25, 0.3) is 0 Å². The SMILES string of the molecule is CC(C)(C)OC(=O)c1cc(F)cc(O)c1C1CC1. The Balaban J connectivity index is 2.39. The van der Waals surface area contributed by atoms with Crippen LogP contribution in [0.1, 0.15) is 55.5 Å². The van der Waals surface area contributed by atoms with Crippen molar-refractivity contribution >= 4 is 5.97 Å². The number of phenols is 1. The van der Waals surface area contributed by atoms with Gasteiger partial charge in [-0.3, -0.25) is 0 Å². The first-order valence-electron chi connectivity index (χ1n) is 6.03. The molecule has 0 heterocycles. The molecule has 1 aromatic carbocycles. The van der Waals surface area contributed by atoms with Crippen molar-refractivity contribution in [2.45, 2.75) is 45.1 Å². The van der Waals surface area contributed by atoms with Crippen LogP contribution < -0.4 is 0 Å². The van der Waals surface area contributed by atoms with Gasteiger partial charge in [0.2, 0.25) is 0 Å². The number of aromatic hydroxyl groups is 1. The third-order valence-corrected chi connectivity index (χ3v) is 2.73. The summed E-state index contributed by atoms with van der Waals surface area (Å²) >= 11 is 0. The predicted molar refractivity (Wildman–Crippen MR) is 65.2 cm³/mol. The van der Waals surface area contributed by atoms with E-state index in [1.54, 1.807) is 20.8 Å². The molecule has 1 N–H and O–H groups in total. The Hall–Kier alpha value is -1.58. The summed E-state index contributed by atoms with van der Waals surface area (Å²) in [5.74, 6) is -1.22. The second-order valence-corrected chi connectivity index (χ2v) is 5.66. The number of benzene rings is 1. The van der Waals surface area contributed by atoms with Crippen molar-refractivity contribution in [3.8, 4) is 5.75 Å². The van der Waals surface area contributed by atoms with Gasteiger partial charge in [-0.15, -0.1) is 0 Å². The minimum atomic E-state index is -0.639. The van der Waals surface area contributed by atoms with E-state index < -0.39 is 17.4 Å². The lowest BCUT2D eigenvalue weighted by Crippen LogP contribution is -2.24. The number of ether oxygens (including phenoxy) is 1. The molecule has 1 saturated carbocycles. The number of carbonyl (C=O) groups excluding carboxylic acids is 1. The topological polar surface area (TPSA) is 46.5 Å². The molecule has 1 fully saturated rings. The number of hydrogen-bond acceptors (Lipinski definition) is 3. The molecule has 0 bridgehead atoms. The van der Waals surface area contributed by atoms with Crippen LogP contribution in [0.15, 0.2) is 12.1 Å². The summed E-state index contributed by atoms with van der Waals surface area (Å²) in [7, 11) is 0. The highest BCUT2D eigenvalue weighted by Crippen LogP contribution is 2.46. The molecule has 0 unspecified atom stereocenters. The minimum absolute atomic E-state index is 0.143. The van der Waals surface area contributed by atoms with E-state index in [1.165, 1.54) is 0 Å². The second kappa shape index (κ2) is 4.26. The van der Waals surface area contributed by atoms with Crippen LogP contribution in [0, 0.1) is 5.82 Å². The van der Waals surface area contributed by atoms with Gasteiger partial charge in [-0.2, -0.15) is 0 Å². The van der Waals surface area contributed by atoms with Gasteiger partial charge in [0.1, 0.15) is 17.2 Å². The van der Waals surface area contributed by atoms with E-state index in [-0.39, 0.29) is 17.2 Å². The second-order valence-electron chi connectivity index (χ2n) is 5.66. The molecule has 0 aromatic heterocycles. The lowest BCUT2D eigenvalue weighted by atomic mass is 10.0. The Bertz CT molecular complexity index is 485. The number of halogens is 1. The van der Waals surface area contributed by atoms with Crippen LogP contribution in [-0.2, 0) is 4.74 Å². The summed E-state index contributed by atoms with van der Waals surface area (Å²) in [6, 6.07) is 2.18. The standard InChI is InChI=1S/C14H17FO3/c1-14(2,3)18-13(17)10-6-9(15)7-11(16)12(10)8-4-5-8/h6-8,16H,4-5H2,1-3H3. The summed E-state index contributed by atoms with van der Waals surface area (Å²) in [4.78, 5) is 12.0. The van der Waals surface area contributed by atoms with Gasteiger partial charge in [0.15, 0.2) is 0 Å². The molecular weight excluding hydrogens is 235 g/mol. The van der Waals surface area contributed by atoms with Crippen LogP contribution in [0.25, 0.3) is 0 Å². The molecule has 1 aliphatic rings. The molecule has 1 aromatic rings. The maximum Gasteiger partial charge on any atom is 0.339 e. The maximum atomic E-state index is 13.3. The van der Waals surface area contributed by atoms with Crippen LogP contribution in [0.5, 0.6) is 5.75 Å². The Morgan fingerprint density at radius 1 is 1.39 bits per heavy atom. The zero-order valence-electron chi connectivity index (χ0n) is 10.8. The van der Waals surface area contributed by atoms with Crippen molar-refractivity contribution < 1.29 is 19.0 Å². The molecule has 4 heteroatoms. The molecule has 18 heavy (non-hydrogen) atoms. The van der Waals surface area contributed by atoms with Gasteiger partial charge in [-0.1, -0.05) is 0 Å². The molecule has 0 aliphatic heterocycles. The summed E-state index contributed by atoms with van der Waals surface area (Å²) < 4.78 is 18.6. The quantitative estimate of drug-likeness (QED) is 0.821. The summed E-state index contributed by atoms with van der Waals surface area (Å²) in [6.45, 7) is 5.25. The Labute approximate surface area is 106 Å². The van der Waals surface area contributed by atoms with E-state index in [0.717, 1.165) is 25.0 Å². The average molecular weight is 252 g/mol. The monoisotopic (exact) mass is 252 g/mol. The third kappa shape index (κ3) is 2.81. The van der Waals surface area contributed by atoms with Crippen LogP contribution in [0.4, 0.5) is 4.39 Å². The van der Waals surface area contributed by atoms with Crippen molar-refractivity contribution in [2.75, 3.05) is 0 Å². The normalized spacial score (nSPS) is 15.6. The summed E-state index contributed by atoms with van der Waals surface area (Å²) in [5.41, 5.74) is 0.0235.